The fraction of sp³-hybridized carbons (Fsp3) is 0.294. The summed E-state index contributed by atoms with van der Waals surface area (Å²) in [6.45, 7) is 8.53. The molecule has 1 atom stereocenters. The third-order valence-corrected chi connectivity index (χ3v) is 4.02. The molecule has 0 heterocycles. The first-order chi connectivity index (χ1) is 8.57. The molecule has 0 radical (unpaired) electrons. The van der Waals surface area contributed by atoms with Crippen LogP contribution in [0.25, 0.3) is 0 Å². The van der Waals surface area contributed by atoms with Gasteiger partial charge in [-0.1, -0.05) is 42.0 Å². The van der Waals surface area contributed by atoms with Gasteiger partial charge in [-0.2, -0.15) is 0 Å². The zero-order valence-corrected chi connectivity index (χ0v) is 11.6. The summed E-state index contributed by atoms with van der Waals surface area (Å²) >= 11 is 0. The molecule has 0 spiro atoms. The lowest BCUT2D eigenvalue weighted by molar-refractivity contribution is 0.870. The van der Waals surface area contributed by atoms with Gasteiger partial charge in [0, 0.05) is 11.6 Å². The van der Waals surface area contributed by atoms with Gasteiger partial charge >= 0.3 is 0 Å². The first-order valence-electron chi connectivity index (χ1n) is 6.43. The summed E-state index contributed by atoms with van der Waals surface area (Å²) in [5.41, 5.74) is 13.6. The summed E-state index contributed by atoms with van der Waals surface area (Å²) in [5, 5.41) is 0. The van der Waals surface area contributed by atoms with Crippen LogP contribution in [0.15, 0.2) is 64.4 Å². The molecule has 1 aromatic carbocycles. The maximum absolute atomic E-state index is 6.20. The van der Waals surface area contributed by atoms with Gasteiger partial charge in [-0.05, 0) is 50.0 Å². The maximum atomic E-state index is 6.20. The highest BCUT2D eigenvalue weighted by molar-refractivity contribution is 5.57. The van der Waals surface area contributed by atoms with Gasteiger partial charge in [-0.15, -0.1) is 0 Å². The van der Waals surface area contributed by atoms with Gasteiger partial charge < -0.3 is 5.73 Å². The molecule has 1 heteroatoms. The summed E-state index contributed by atoms with van der Waals surface area (Å²) in [6, 6.07) is 10.6. The van der Waals surface area contributed by atoms with Crippen LogP contribution in [0.4, 0.5) is 0 Å². The largest absolute Gasteiger partial charge is 0.398 e. The van der Waals surface area contributed by atoms with Gasteiger partial charge in [0.15, 0.2) is 0 Å². The van der Waals surface area contributed by atoms with Crippen molar-refractivity contribution in [3.63, 3.8) is 0 Å². The van der Waals surface area contributed by atoms with Crippen molar-refractivity contribution in [2.75, 3.05) is 0 Å². The van der Waals surface area contributed by atoms with E-state index in [9.17, 15) is 0 Å². The van der Waals surface area contributed by atoms with Crippen molar-refractivity contribution in [1.82, 2.24) is 0 Å². The highest BCUT2D eigenvalue weighted by atomic mass is 14.6. The number of rotatable bonds is 1. The van der Waals surface area contributed by atoms with E-state index in [4.69, 9.17) is 5.73 Å². The molecule has 0 saturated carbocycles. The predicted molar refractivity (Wildman–Crippen MR) is 78.2 cm³/mol. The Morgan fingerprint density at radius 2 is 1.61 bits per heavy atom. The molecule has 0 aromatic heterocycles. The van der Waals surface area contributed by atoms with Crippen LogP contribution in [0.1, 0.15) is 39.2 Å². The van der Waals surface area contributed by atoms with Crippen molar-refractivity contribution < 1.29 is 0 Å². The normalized spacial score (nSPS) is 22.9. The highest BCUT2D eigenvalue weighted by Gasteiger charge is 2.26. The zero-order valence-electron chi connectivity index (χ0n) is 11.6. The molecule has 2 N–H and O–H groups in total. The Hall–Kier alpha value is -1.76. The van der Waals surface area contributed by atoms with E-state index in [1.807, 2.05) is 0 Å². The zero-order chi connectivity index (χ0) is 13.3. The smallest absolute Gasteiger partial charge is 0.0376 e. The van der Waals surface area contributed by atoms with Crippen LogP contribution in [0.2, 0.25) is 0 Å². The molecular weight excluding hydrogens is 218 g/mol. The Morgan fingerprint density at radius 1 is 1.00 bits per heavy atom. The first-order valence-corrected chi connectivity index (χ1v) is 6.43. The van der Waals surface area contributed by atoms with Crippen molar-refractivity contribution in [2.24, 2.45) is 5.73 Å². The van der Waals surface area contributed by atoms with E-state index in [-0.39, 0.29) is 0 Å². The molecule has 2 rings (SSSR count). The molecule has 1 aliphatic rings. The molecule has 0 bridgehead atoms. The molecule has 1 aliphatic carbocycles. The number of hydrogen-bond donors (Lipinski definition) is 1. The van der Waals surface area contributed by atoms with Crippen molar-refractivity contribution >= 4 is 0 Å². The fourth-order valence-electron chi connectivity index (χ4n) is 2.77. The van der Waals surface area contributed by atoms with E-state index in [1.165, 1.54) is 27.9 Å². The second kappa shape index (κ2) is 4.85. The second-order valence-corrected chi connectivity index (χ2v) is 4.93. The van der Waals surface area contributed by atoms with E-state index in [0.717, 1.165) is 5.70 Å². The highest BCUT2D eigenvalue weighted by Crippen LogP contribution is 2.42. The van der Waals surface area contributed by atoms with E-state index in [2.05, 4.69) is 64.1 Å². The third kappa shape index (κ3) is 1.90. The third-order valence-electron chi connectivity index (χ3n) is 4.02. The molecule has 94 valence electrons. The Kier molecular flexibility index (Phi) is 3.42. The van der Waals surface area contributed by atoms with Crippen LogP contribution in [0, 0.1) is 0 Å². The lowest BCUT2D eigenvalue weighted by Gasteiger charge is -2.30. The van der Waals surface area contributed by atoms with Crippen LogP contribution in [0.3, 0.4) is 0 Å². The SMILES string of the molecule is C/C=C1\C(C)=C(N)C(C)=C(C)C1c1ccccc1. The second-order valence-electron chi connectivity index (χ2n) is 4.93. The van der Waals surface area contributed by atoms with Gasteiger partial charge in [0.05, 0.1) is 0 Å². The minimum atomic E-state index is 0.350. The van der Waals surface area contributed by atoms with Crippen LogP contribution in [-0.4, -0.2) is 0 Å². The Labute approximate surface area is 110 Å². The topological polar surface area (TPSA) is 26.0 Å². The molecule has 1 nitrogen and oxygen atoms in total. The summed E-state index contributed by atoms with van der Waals surface area (Å²) in [4.78, 5) is 0. The van der Waals surface area contributed by atoms with Gasteiger partial charge in [-0.3, -0.25) is 0 Å². The Morgan fingerprint density at radius 3 is 2.17 bits per heavy atom. The van der Waals surface area contributed by atoms with E-state index in [1.54, 1.807) is 0 Å². The minimum Gasteiger partial charge on any atom is -0.398 e. The monoisotopic (exact) mass is 239 g/mol. The van der Waals surface area contributed by atoms with E-state index < -0.39 is 0 Å². The van der Waals surface area contributed by atoms with Crippen LogP contribution in [0.5, 0.6) is 0 Å². The number of benzene rings is 1. The Balaban J connectivity index is 2.62. The minimum absolute atomic E-state index is 0.350. The standard InChI is InChI=1S/C17H21N/c1-5-15-13(4)17(18)12(3)11(2)16(15)14-9-7-6-8-10-14/h5-10,16H,18H2,1-4H3/b15-5+. The van der Waals surface area contributed by atoms with Crippen molar-refractivity contribution in [2.45, 2.75) is 33.6 Å². The van der Waals surface area contributed by atoms with Gasteiger partial charge in [0.25, 0.3) is 0 Å². The molecule has 0 amide bonds. The number of nitrogens with two attached hydrogens (primary N) is 1. The predicted octanol–water partition coefficient (Wildman–Crippen LogP) is 4.30. The summed E-state index contributed by atoms with van der Waals surface area (Å²) in [7, 11) is 0. The fourth-order valence-corrected chi connectivity index (χ4v) is 2.77. The van der Waals surface area contributed by atoms with Crippen LogP contribution in [-0.2, 0) is 0 Å². The Bertz CT molecular complexity index is 542. The molecule has 0 fully saturated rings. The number of allylic oxidation sites excluding steroid dienone is 5. The average molecular weight is 239 g/mol. The number of hydrogen-bond acceptors (Lipinski definition) is 1. The summed E-state index contributed by atoms with van der Waals surface area (Å²) in [5.74, 6) is 0.350. The van der Waals surface area contributed by atoms with Gasteiger partial charge in [-0.25, -0.2) is 0 Å². The maximum Gasteiger partial charge on any atom is 0.0376 e. The molecule has 0 saturated heterocycles. The van der Waals surface area contributed by atoms with Gasteiger partial charge in [0.1, 0.15) is 0 Å². The molecular formula is C17H21N. The van der Waals surface area contributed by atoms with Gasteiger partial charge in [0.2, 0.25) is 0 Å². The van der Waals surface area contributed by atoms with Crippen molar-refractivity contribution in [3.8, 4) is 0 Å². The summed E-state index contributed by atoms with van der Waals surface area (Å²) in [6.07, 6.45) is 2.19. The van der Waals surface area contributed by atoms with Crippen molar-refractivity contribution in [1.29, 1.82) is 0 Å². The first kappa shape index (κ1) is 12.7. The van der Waals surface area contributed by atoms with E-state index in [0.29, 0.717) is 5.92 Å². The molecule has 1 aromatic rings. The van der Waals surface area contributed by atoms with E-state index >= 15 is 0 Å². The molecule has 18 heavy (non-hydrogen) atoms. The average Bonchev–Trinajstić information content (AvgIpc) is 2.41. The molecule has 1 unspecified atom stereocenters. The lowest BCUT2D eigenvalue weighted by Crippen LogP contribution is -2.18. The van der Waals surface area contributed by atoms with Crippen LogP contribution >= 0.6 is 0 Å². The van der Waals surface area contributed by atoms with Crippen LogP contribution < -0.4 is 5.73 Å². The summed E-state index contributed by atoms with van der Waals surface area (Å²) < 4.78 is 0. The molecule has 0 aliphatic heterocycles. The quantitative estimate of drug-likeness (QED) is 0.777. The van der Waals surface area contributed by atoms with Crippen molar-refractivity contribution in [3.05, 3.63) is 70.0 Å². The lowest BCUT2D eigenvalue weighted by atomic mass is 9.75.